The summed E-state index contributed by atoms with van der Waals surface area (Å²) in [6.45, 7) is 8.18. The fourth-order valence-corrected chi connectivity index (χ4v) is 3.05. The molecule has 0 saturated carbocycles. The number of para-hydroxylation sites is 1. The molecule has 2 aromatic carbocycles. The molecule has 1 aromatic heterocycles. The van der Waals surface area contributed by atoms with Crippen LogP contribution in [-0.4, -0.2) is 24.0 Å². The second-order valence-electron chi connectivity index (χ2n) is 5.84. The normalized spacial score (nSPS) is 10.8. The molecule has 3 aromatic rings. The number of nitrogens with one attached hydrogen (secondary N) is 2. The molecule has 0 radical (unpaired) electrons. The Hall–Kier alpha value is -2.75. The highest BCUT2D eigenvalue weighted by atomic mass is 16.1. The van der Waals surface area contributed by atoms with Gasteiger partial charge in [0.25, 0.3) is 5.91 Å². The standard InChI is InChI=1S/C20H23N3O/c1-4-23(5-2)16-12-10-15(11-13-16)21-20(24)19-14(3)17-8-6-7-9-18(17)22-19/h6-13,22H,4-5H2,1-3H3,(H,21,24). The number of carbonyl (C=O) groups excluding carboxylic acids is 1. The smallest absolute Gasteiger partial charge is 0.272 e. The first-order valence-electron chi connectivity index (χ1n) is 8.37. The Balaban J connectivity index is 1.80. The second-order valence-corrected chi connectivity index (χ2v) is 5.84. The number of rotatable bonds is 5. The molecule has 4 nitrogen and oxygen atoms in total. The Morgan fingerprint density at radius 2 is 1.71 bits per heavy atom. The van der Waals surface area contributed by atoms with Crippen molar-refractivity contribution in [3.8, 4) is 0 Å². The maximum atomic E-state index is 12.6. The van der Waals surface area contributed by atoms with E-state index < -0.39 is 0 Å². The van der Waals surface area contributed by atoms with Crippen LogP contribution in [0.5, 0.6) is 0 Å². The van der Waals surface area contributed by atoms with Crippen LogP contribution in [0.4, 0.5) is 11.4 Å². The number of hydrogen-bond acceptors (Lipinski definition) is 2. The first-order valence-corrected chi connectivity index (χ1v) is 8.37. The third kappa shape index (κ3) is 3.00. The average Bonchev–Trinajstić information content (AvgIpc) is 2.95. The van der Waals surface area contributed by atoms with Gasteiger partial charge in [-0.1, -0.05) is 18.2 Å². The van der Waals surface area contributed by atoms with Gasteiger partial charge >= 0.3 is 0 Å². The summed E-state index contributed by atoms with van der Waals surface area (Å²) in [4.78, 5) is 18.1. The molecule has 0 bridgehead atoms. The Bertz CT molecular complexity index is 845. The zero-order valence-corrected chi connectivity index (χ0v) is 14.4. The molecule has 24 heavy (non-hydrogen) atoms. The maximum absolute atomic E-state index is 12.6. The van der Waals surface area contributed by atoms with Crippen molar-refractivity contribution in [2.45, 2.75) is 20.8 Å². The van der Waals surface area contributed by atoms with Gasteiger partial charge in [-0.05, 0) is 56.7 Å². The van der Waals surface area contributed by atoms with Crippen molar-refractivity contribution in [3.63, 3.8) is 0 Å². The molecule has 0 aliphatic carbocycles. The summed E-state index contributed by atoms with van der Waals surface area (Å²) in [6.07, 6.45) is 0. The van der Waals surface area contributed by atoms with E-state index in [1.807, 2.05) is 55.5 Å². The third-order valence-electron chi connectivity index (χ3n) is 4.45. The van der Waals surface area contributed by atoms with Crippen LogP contribution in [0.3, 0.4) is 0 Å². The fourth-order valence-electron chi connectivity index (χ4n) is 3.05. The number of aromatic nitrogens is 1. The molecule has 0 atom stereocenters. The van der Waals surface area contributed by atoms with E-state index in [0.717, 1.165) is 35.2 Å². The summed E-state index contributed by atoms with van der Waals surface area (Å²) in [5, 5.41) is 4.06. The molecule has 4 heteroatoms. The lowest BCUT2D eigenvalue weighted by molar-refractivity contribution is 0.102. The van der Waals surface area contributed by atoms with E-state index in [1.54, 1.807) is 0 Å². The zero-order chi connectivity index (χ0) is 17.1. The number of carbonyl (C=O) groups is 1. The highest BCUT2D eigenvalue weighted by molar-refractivity contribution is 6.07. The minimum absolute atomic E-state index is 0.112. The van der Waals surface area contributed by atoms with E-state index in [1.165, 1.54) is 5.69 Å². The number of nitrogens with zero attached hydrogens (tertiary/aromatic N) is 1. The van der Waals surface area contributed by atoms with Gasteiger partial charge in [-0.15, -0.1) is 0 Å². The third-order valence-corrected chi connectivity index (χ3v) is 4.45. The number of amides is 1. The number of H-pyrrole nitrogens is 1. The van der Waals surface area contributed by atoms with Crippen LogP contribution in [-0.2, 0) is 0 Å². The van der Waals surface area contributed by atoms with E-state index in [-0.39, 0.29) is 5.91 Å². The molecular weight excluding hydrogens is 298 g/mol. The van der Waals surface area contributed by atoms with Gasteiger partial charge in [0.05, 0.1) is 0 Å². The summed E-state index contributed by atoms with van der Waals surface area (Å²) < 4.78 is 0. The molecule has 0 spiro atoms. The lowest BCUT2D eigenvalue weighted by atomic mass is 10.1. The minimum atomic E-state index is -0.112. The second kappa shape index (κ2) is 6.79. The summed E-state index contributed by atoms with van der Waals surface area (Å²) >= 11 is 0. The molecule has 0 saturated heterocycles. The molecule has 0 fully saturated rings. The van der Waals surface area contributed by atoms with Crippen LogP contribution in [0.25, 0.3) is 10.9 Å². The van der Waals surface area contributed by atoms with Crippen molar-refractivity contribution in [2.75, 3.05) is 23.3 Å². The number of benzene rings is 2. The van der Waals surface area contributed by atoms with Crippen molar-refractivity contribution >= 4 is 28.2 Å². The summed E-state index contributed by atoms with van der Waals surface area (Å²) in [7, 11) is 0. The number of hydrogen-bond donors (Lipinski definition) is 2. The first kappa shape index (κ1) is 16.1. The van der Waals surface area contributed by atoms with Gasteiger partial charge in [0.2, 0.25) is 0 Å². The van der Waals surface area contributed by atoms with E-state index in [2.05, 4.69) is 29.0 Å². The molecule has 1 heterocycles. The van der Waals surface area contributed by atoms with Crippen molar-refractivity contribution in [2.24, 2.45) is 0 Å². The van der Waals surface area contributed by atoms with Crippen LogP contribution in [0, 0.1) is 6.92 Å². The van der Waals surface area contributed by atoms with Gasteiger partial charge in [-0.3, -0.25) is 4.79 Å². The quantitative estimate of drug-likeness (QED) is 0.723. The van der Waals surface area contributed by atoms with Crippen LogP contribution >= 0.6 is 0 Å². The fraction of sp³-hybridized carbons (Fsp3) is 0.250. The van der Waals surface area contributed by atoms with E-state index in [0.29, 0.717) is 5.69 Å². The number of anilines is 2. The molecule has 0 aliphatic rings. The van der Waals surface area contributed by atoms with Gasteiger partial charge in [-0.25, -0.2) is 0 Å². The molecule has 0 unspecified atom stereocenters. The number of aryl methyl sites for hydroxylation is 1. The van der Waals surface area contributed by atoms with Crippen molar-refractivity contribution in [3.05, 3.63) is 59.8 Å². The predicted octanol–water partition coefficient (Wildman–Crippen LogP) is 4.57. The van der Waals surface area contributed by atoms with Gasteiger partial charge in [0.15, 0.2) is 0 Å². The van der Waals surface area contributed by atoms with Gasteiger partial charge in [0.1, 0.15) is 5.69 Å². The van der Waals surface area contributed by atoms with Gasteiger partial charge in [-0.2, -0.15) is 0 Å². The van der Waals surface area contributed by atoms with E-state index in [9.17, 15) is 4.79 Å². The Kier molecular flexibility index (Phi) is 4.56. The van der Waals surface area contributed by atoms with Crippen molar-refractivity contribution < 1.29 is 4.79 Å². The van der Waals surface area contributed by atoms with Crippen molar-refractivity contribution in [1.29, 1.82) is 0 Å². The summed E-state index contributed by atoms with van der Waals surface area (Å²) in [6, 6.07) is 15.9. The largest absolute Gasteiger partial charge is 0.372 e. The topological polar surface area (TPSA) is 48.1 Å². The lowest BCUT2D eigenvalue weighted by Crippen LogP contribution is -2.21. The molecule has 0 aliphatic heterocycles. The van der Waals surface area contributed by atoms with E-state index in [4.69, 9.17) is 0 Å². The van der Waals surface area contributed by atoms with Crippen molar-refractivity contribution in [1.82, 2.24) is 4.98 Å². The monoisotopic (exact) mass is 321 g/mol. The highest BCUT2D eigenvalue weighted by Gasteiger charge is 2.14. The van der Waals surface area contributed by atoms with Gasteiger partial charge < -0.3 is 15.2 Å². The predicted molar refractivity (Wildman–Crippen MR) is 101 cm³/mol. The summed E-state index contributed by atoms with van der Waals surface area (Å²) in [5.74, 6) is -0.112. The molecule has 124 valence electrons. The number of fused-ring (bicyclic) bond motifs is 1. The van der Waals surface area contributed by atoms with Crippen LogP contribution in [0.1, 0.15) is 29.9 Å². The Labute approximate surface area is 142 Å². The molecule has 2 N–H and O–H groups in total. The maximum Gasteiger partial charge on any atom is 0.272 e. The van der Waals surface area contributed by atoms with Crippen LogP contribution in [0.15, 0.2) is 48.5 Å². The number of aromatic amines is 1. The lowest BCUT2D eigenvalue weighted by Gasteiger charge is -2.21. The Morgan fingerprint density at radius 3 is 2.33 bits per heavy atom. The minimum Gasteiger partial charge on any atom is -0.372 e. The SMILES string of the molecule is CCN(CC)c1ccc(NC(=O)c2[nH]c3ccccc3c2C)cc1. The first-order chi connectivity index (χ1) is 11.6. The van der Waals surface area contributed by atoms with Crippen LogP contribution in [0.2, 0.25) is 0 Å². The van der Waals surface area contributed by atoms with Gasteiger partial charge in [0, 0.05) is 35.4 Å². The van der Waals surface area contributed by atoms with Crippen LogP contribution < -0.4 is 10.2 Å². The Morgan fingerprint density at radius 1 is 1.04 bits per heavy atom. The molecule has 3 rings (SSSR count). The summed E-state index contributed by atoms with van der Waals surface area (Å²) in [5.41, 5.74) is 4.54. The van der Waals surface area contributed by atoms with E-state index >= 15 is 0 Å². The average molecular weight is 321 g/mol. The highest BCUT2D eigenvalue weighted by Crippen LogP contribution is 2.23. The molecular formula is C20H23N3O. The molecule has 1 amide bonds. The zero-order valence-electron chi connectivity index (χ0n) is 14.4.